The van der Waals surface area contributed by atoms with Gasteiger partial charge in [0.1, 0.15) is 16.8 Å². The molecule has 0 aliphatic heterocycles. The van der Waals surface area contributed by atoms with Gasteiger partial charge in [0.15, 0.2) is 0 Å². The number of benzene rings is 5. The monoisotopic (exact) mass is 629 g/mol. The van der Waals surface area contributed by atoms with Crippen molar-refractivity contribution in [3.8, 4) is 0 Å². The van der Waals surface area contributed by atoms with Crippen LogP contribution in [0.3, 0.4) is 0 Å². The Balaban J connectivity index is 1.33. The smallest absolute Gasteiger partial charge is 0.272 e. The highest BCUT2D eigenvalue weighted by atomic mass is 32.2. The summed E-state index contributed by atoms with van der Waals surface area (Å²) in [4.78, 5) is 40.6. The molecule has 1 unspecified atom stereocenters. The van der Waals surface area contributed by atoms with Crippen LogP contribution in [0.25, 0.3) is 6.08 Å². The van der Waals surface area contributed by atoms with Crippen LogP contribution in [-0.4, -0.2) is 17.7 Å². The zero-order valence-electron chi connectivity index (χ0n) is 25.3. The molecule has 5 rings (SSSR count). The number of carbonyl (C=O) groups excluding carboxylic acids is 3. The number of anilines is 2. The van der Waals surface area contributed by atoms with Gasteiger partial charge in [0.05, 0.1) is 0 Å². The molecular weight excluding hydrogens is 598 g/mol. The summed E-state index contributed by atoms with van der Waals surface area (Å²) in [5.74, 6) is -1.81. The third-order valence-corrected chi connectivity index (χ3v) is 8.20. The summed E-state index contributed by atoms with van der Waals surface area (Å²) >= 11 is 1.39. The third kappa shape index (κ3) is 8.58. The van der Waals surface area contributed by atoms with E-state index >= 15 is 0 Å². The molecule has 1 atom stereocenters. The fourth-order valence-electron chi connectivity index (χ4n) is 4.80. The Kier molecular flexibility index (Phi) is 10.4. The second kappa shape index (κ2) is 15.0. The lowest BCUT2D eigenvalue weighted by molar-refractivity contribution is -0.116. The predicted molar refractivity (Wildman–Crippen MR) is 183 cm³/mol. The van der Waals surface area contributed by atoms with Crippen molar-refractivity contribution in [1.29, 1.82) is 0 Å². The summed E-state index contributed by atoms with van der Waals surface area (Å²) in [5.41, 5.74) is 4.55. The van der Waals surface area contributed by atoms with Crippen molar-refractivity contribution < 1.29 is 18.8 Å². The standard InChI is InChI=1S/C38H32FN3O3S/c1-25-21-26(2)23-31(22-25)41-38(45)35(27-11-5-3-6-12-27)46-32-19-17-30(18-20-32)40-37(44)34(24-29-15-9-10-16-33(29)39)42-36(43)28-13-7-4-8-14-28/h3-24,35H,1-2H3,(H,40,44)(H,41,45)(H,42,43)/b34-24-. The van der Waals surface area contributed by atoms with Gasteiger partial charge in [-0.3, -0.25) is 14.4 Å². The molecule has 0 saturated heterocycles. The van der Waals surface area contributed by atoms with Crippen molar-refractivity contribution >= 4 is 46.9 Å². The maximum atomic E-state index is 14.5. The fourth-order valence-corrected chi connectivity index (χ4v) is 5.82. The molecule has 0 bridgehead atoms. The molecule has 46 heavy (non-hydrogen) atoms. The summed E-state index contributed by atoms with van der Waals surface area (Å²) in [6, 6.07) is 36.9. The van der Waals surface area contributed by atoms with Gasteiger partial charge in [-0.15, -0.1) is 11.8 Å². The highest BCUT2D eigenvalue weighted by Gasteiger charge is 2.23. The van der Waals surface area contributed by atoms with Gasteiger partial charge in [0.2, 0.25) is 5.91 Å². The van der Waals surface area contributed by atoms with E-state index in [4.69, 9.17) is 0 Å². The summed E-state index contributed by atoms with van der Waals surface area (Å²) in [7, 11) is 0. The molecule has 5 aromatic carbocycles. The lowest BCUT2D eigenvalue weighted by Crippen LogP contribution is -2.30. The Bertz CT molecular complexity index is 1860. The van der Waals surface area contributed by atoms with Crippen LogP contribution in [-0.2, 0) is 9.59 Å². The normalized spacial score (nSPS) is 11.8. The number of thioether (sulfide) groups is 1. The molecule has 0 heterocycles. The van der Waals surface area contributed by atoms with Gasteiger partial charge in [-0.1, -0.05) is 72.8 Å². The fraction of sp³-hybridized carbons (Fsp3) is 0.0789. The van der Waals surface area contributed by atoms with E-state index in [0.717, 1.165) is 27.3 Å². The summed E-state index contributed by atoms with van der Waals surface area (Å²) in [6.07, 6.45) is 1.30. The second-order valence-electron chi connectivity index (χ2n) is 10.7. The van der Waals surface area contributed by atoms with Gasteiger partial charge in [0.25, 0.3) is 11.8 Å². The number of aryl methyl sites for hydroxylation is 2. The maximum Gasteiger partial charge on any atom is 0.272 e. The van der Waals surface area contributed by atoms with Crippen LogP contribution in [0.5, 0.6) is 0 Å². The lowest BCUT2D eigenvalue weighted by Gasteiger charge is -2.18. The predicted octanol–water partition coefficient (Wildman–Crippen LogP) is 8.32. The first-order valence-electron chi connectivity index (χ1n) is 14.6. The van der Waals surface area contributed by atoms with E-state index in [1.807, 2.05) is 68.4 Å². The quantitative estimate of drug-likeness (QED) is 0.107. The van der Waals surface area contributed by atoms with Crippen molar-refractivity contribution in [2.24, 2.45) is 0 Å². The minimum absolute atomic E-state index is 0.121. The largest absolute Gasteiger partial charge is 0.325 e. The first kappa shape index (κ1) is 31.9. The highest BCUT2D eigenvalue weighted by molar-refractivity contribution is 8.00. The van der Waals surface area contributed by atoms with Gasteiger partial charge >= 0.3 is 0 Å². The number of carbonyl (C=O) groups is 3. The van der Waals surface area contributed by atoms with Crippen LogP contribution in [0.1, 0.15) is 37.9 Å². The molecule has 3 amide bonds. The highest BCUT2D eigenvalue weighted by Crippen LogP contribution is 2.37. The topological polar surface area (TPSA) is 87.3 Å². The van der Waals surface area contributed by atoms with Crippen LogP contribution in [0.2, 0.25) is 0 Å². The number of hydrogen-bond acceptors (Lipinski definition) is 4. The Morgan fingerprint density at radius 3 is 1.96 bits per heavy atom. The molecule has 0 saturated carbocycles. The van der Waals surface area contributed by atoms with E-state index in [2.05, 4.69) is 22.0 Å². The number of amides is 3. The summed E-state index contributed by atoms with van der Waals surface area (Å²) in [6.45, 7) is 3.98. The second-order valence-corrected chi connectivity index (χ2v) is 11.8. The Morgan fingerprint density at radius 1 is 0.696 bits per heavy atom. The van der Waals surface area contributed by atoms with Crippen molar-refractivity contribution in [1.82, 2.24) is 5.32 Å². The molecule has 5 aromatic rings. The zero-order valence-corrected chi connectivity index (χ0v) is 26.1. The molecule has 6 nitrogen and oxygen atoms in total. The van der Waals surface area contributed by atoms with Gasteiger partial charge in [0, 0.05) is 27.4 Å². The van der Waals surface area contributed by atoms with Crippen molar-refractivity contribution in [3.63, 3.8) is 0 Å². The summed E-state index contributed by atoms with van der Waals surface area (Å²) in [5, 5.41) is 7.93. The van der Waals surface area contributed by atoms with E-state index in [1.165, 1.54) is 30.0 Å². The zero-order chi connectivity index (χ0) is 32.5. The maximum absolute atomic E-state index is 14.5. The van der Waals surface area contributed by atoms with Crippen molar-refractivity contribution in [3.05, 3.63) is 167 Å². The average molecular weight is 630 g/mol. The SMILES string of the molecule is Cc1cc(C)cc(NC(=O)C(Sc2ccc(NC(=O)/C(=C/c3ccccc3F)NC(=O)c3ccccc3)cc2)c2ccccc2)c1. The molecule has 0 fully saturated rings. The van der Waals surface area contributed by atoms with Gasteiger partial charge in [-0.2, -0.15) is 0 Å². The lowest BCUT2D eigenvalue weighted by atomic mass is 10.1. The van der Waals surface area contributed by atoms with E-state index in [0.29, 0.717) is 11.3 Å². The molecule has 8 heteroatoms. The molecule has 0 aliphatic rings. The van der Waals surface area contributed by atoms with Crippen LogP contribution in [0, 0.1) is 19.7 Å². The first-order valence-corrected chi connectivity index (χ1v) is 15.5. The number of nitrogens with one attached hydrogen (secondary N) is 3. The van der Waals surface area contributed by atoms with E-state index in [9.17, 15) is 18.8 Å². The van der Waals surface area contributed by atoms with Crippen LogP contribution < -0.4 is 16.0 Å². The number of rotatable bonds is 10. The average Bonchev–Trinajstić information content (AvgIpc) is 3.05. The minimum Gasteiger partial charge on any atom is -0.325 e. The Hall–Kier alpha value is -5.47. The van der Waals surface area contributed by atoms with Crippen molar-refractivity contribution in [2.45, 2.75) is 24.0 Å². The van der Waals surface area contributed by atoms with Crippen LogP contribution >= 0.6 is 11.8 Å². The van der Waals surface area contributed by atoms with Gasteiger partial charge in [-0.05, 0) is 91.2 Å². The van der Waals surface area contributed by atoms with Crippen molar-refractivity contribution in [2.75, 3.05) is 10.6 Å². The van der Waals surface area contributed by atoms with Crippen LogP contribution in [0.15, 0.2) is 138 Å². The Labute approximate surface area is 271 Å². The molecule has 0 aliphatic carbocycles. The first-order chi connectivity index (χ1) is 22.2. The van der Waals surface area contributed by atoms with E-state index in [-0.39, 0.29) is 17.2 Å². The third-order valence-electron chi connectivity index (χ3n) is 6.93. The molecule has 0 spiro atoms. The molecule has 3 N–H and O–H groups in total. The summed E-state index contributed by atoms with van der Waals surface area (Å²) < 4.78 is 14.5. The molecular formula is C38H32FN3O3S. The van der Waals surface area contributed by atoms with E-state index < -0.39 is 22.9 Å². The molecule has 0 aromatic heterocycles. The number of hydrogen-bond donors (Lipinski definition) is 3. The van der Waals surface area contributed by atoms with Crippen LogP contribution in [0.4, 0.5) is 15.8 Å². The molecule has 0 radical (unpaired) electrons. The van der Waals surface area contributed by atoms with E-state index in [1.54, 1.807) is 54.6 Å². The number of halogens is 1. The molecule has 230 valence electrons. The van der Waals surface area contributed by atoms with Gasteiger partial charge < -0.3 is 16.0 Å². The Morgan fingerprint density at radius 2 is 1.30 bits per heavy atom. The van der Waals surface area contributed by atoms with Gasteiger partial charge in [-0.25, -0.2) is 4.39 Å². The minimum atomic E-state index is -0.622.